The number of carbonyl (C=O) groups is 4. The van der Waals surface area contributed by atoms with Gasteiger partial charge in [0, 0.05) is 27.4 Å². The van der Waals surface area contributed by atoms with Crippen molar-refractivity contribution >= 4 is 75.9 Å². The molecule has 0 saturated heterocycles. The molecule has 3 N–H and O–H groups in total. The molecule has 0 heterocycles. The lowest BCUT2D eigenvalue weighted by atomic mass is 10.1. The molecule has 0 saturated carbocycles. The van der Waals surface area contributed by atoms with Crippen molar-refractivity contribution in [3.8, 4) is 0 Å². The molecule has 10 heteroatoms. The zero-order valence-electron chi connectivity index (χ0n) is 23.2. The zero-order valence-corrected chi connectivity index (χ0v) is 25.5. The van der Waals surface area contributed by atoms with Crippen LogP contribution in [0.25, 0.3) is 6.08 Å². The lowest BCUT2D eigenvalue weighted by Gasteiger charge is -2.14. The number of hydrogen-bond donors (Lipinski definition) is 3. The normalized spacial score (nSPS) is 11.8. The van der Waals surface area contributed by atoms with E-state index in [1.54, 1.807) is 104 Å². The van der Waals surface area contributed by atoms with Gasteiger partial charge in [0.1, 0.15) is 5.70 Å². The van der Waals surface area contributed by atoms with Gasteiger partial charge in [-0.05, 0) is 92.2 Å². The van der Waals surface area contributed by atoms with E-state index in [0.717, 1.165) is 4.90 Å². The second kappa shape index (κ2) is 14.7. The summed E-state index contributed by atoms with van der Waals surface area (Å²) >= 11 is 13.8. The Hall–Kier alpha value is -4.37. The van der Waals surface area contributed by atoms with Crippen molar-refractivity contribution in [2.75, 3.05) is 10.6 Å². The number of hydrogen-bond acceptors (Lipinski definition) is 5. The molecule has 4 aromatic rings. The third kappa shape index (κ3) is 8.81. The molecular weight excluding hydrogens is 605 g/mol. The molecule has 0 aliphatic heterocycles. The summed E-state index contributed by atoms with van der Waals surface area (Å²) in [6.45, 7) is 3.27. The Balaban J connectivity index is 1.43. The second-order valence-electron chi connectivity index (χ2n) is 9.38. The molecule has 0 aliphatic rings. The number of benzene rings is 4. The summed E-state index contributed by atoms with van der Waals surface area (Å²) in [5.74, 6) is -1.27. The third-order valence-corrected chi connectivity index (χ3v) is 8.11. The van der Waals surface area contributed by atoms with E-state index in [1.165, 1.54) is 24.8 Å². The molecule has 0 radical (unpaired) electrons. The fourth-order valence-corrected chi connectivity index (χ4v) is 5.06. The summed E-state index contributed by atoms with van der Waals surface area (Å²) in [5.41, 5.74) is 2.46. The average molecular weight is 633 g/mol. The summed E-state index contributed by atoms with van der Waals surface area (Å²) < 4.78 is 0. The van der Waals surface area contributed by atoms with Gasteiger partial charge in [-0.3, -0.25) is 19.2 Å². The quantitative estimate of drug-likeness (QED) is 0.0944. The number of anilines is 2. The van der Waals surface area contributed by atoms with Crippen molar-refractivity contribution in [2.24, 2.45) is 0 Å². The van der Waals surface area contributed by atoms with Crippen molar-refractivity contribution in [1.82, 2.24) is 5.32 Å². The van der Waals surface area contributed by atoms with Gasteiger partial charge >= 0.3 is 0 Å². The van der Waals surface area contributed by atoms with E-state index in [9.17, 15) is 19.2 Å². The second-order valence-corrected chi connectivity index (χ2v) is 11.6. The fourth-order valence-electron chi connectivity index (χ4n) is 3.83. The van der Waals surface area contributed by atoms with Gasteiger partial charge in [-0.2, -0.15) is 0 Å². The van der Waals surface area contributed by atoms with Crippen molar-refractivity contribution in [3.05, 3.63) is 129 Å². The molecule has 218 valence electrons. The number of carbonyl (C=O) groups excluding carboxylic acids is 4. The van der Waals surface area contributed by atoms with Crippen LogP contribution < -0.4 is 16.0 Å². The molecule has 7 nitrogen and oxygen atoms in total. The summed E-state index contributed by atoms with van der Waals surface area (Å²) in [6.07, 6.45) is 1.46. The Bertz CT molecular complexity index is 1680. The standard InChI is InChI=1S/C33H27Cl2N3O4S/c1-20(39)22-11-13-25(14-12-22)36-31(40)21(2)43-27-17-15-26(16-18-27)37-33(42)29(19-24-9-6-10-28(34)30(24)35)38-32(41)23-7-4-3-5-8-23/h3-19,21H,1-2H3,(H,36,40)(H,37,42)(H,38,41)/b29-19-. The Morgan fingerprint density at radius 1 is 0.744 bits per heavy atom. The van der Waals surface area contributed by atoms with Crippen LogP contribution in [0.2, 0.25) is 10.0 Å². The van der Waals surface area contributed by atoms with Crippen molar-refractivity contribution in [3.63, 3.8) is 0 Å². The van der Waals surface area contributed by atoms with Crippen LogP contribution in [-0.2, 0) is 9.59 Å². The fraction of sp³-hybridized carbons (Fsp3) is 0.0909. The summed E-state index contributed by atoms with van der Waals surface area (Å²) in [6, 6.07) is 27.2. The van der Waals surface area contributed by atoms with Gasteiger partial charge in [0.15, 0.2) is 5.78 Å². The first kappa shape index (κ1) is 31.6. The smallest absolute Gasteiger partial charge is 0.272 e. The highest BCUT2D eigenvalue weighted by molar-refractivity contribution is 8.00. The summed E-state index contributed by atoms with van der Waals surface area (Å²) in [7, 11) is 0. The molecular formula is C33H27Cl2N3O4S. The van der Waals surface area contributed by atoms with Crippen LogP contribution in [0, 0.1) is 0 Å². The molecule has 0 spiro atoms. The van der Waals surface area contributed by atoms with Gasteiger partial charge in [-0.15, -0.1) is 11.8 Å². The van der Waals surface area contributed by atoms with E-state index in [2.05, 4.69) is 16.0 Å². The number of Topliss-reactive ketones (excluding diaryl/α,β-unsaturated/α-hetero) is 1. The maximum Gasteiger partial charge on any atom is 0.272 e. The molecule has 3 amide bonds. The molecule has 1 atom stereocenters. The monoisotopic (exact) mass is 631 g/mol. The predicted molar refractivity (Wildman–Crippen MR) is 174 cm³/mol. The average Bonchev–Trinajstić information content (AvgIpc) is 3.00. The van der Waals surface area contributed by atoms with Crippen molar-refractivity contribution < 1.29 is 19.2 Å². The van der Waals surface area contributed by atoms with Crippen LogP contribution in [0.5, 0.6) is 0 Å². The maximum atomic E-state index is 13.3. The summed E-state index contributed by atoms with van der Waals surface area (Å²) in [5, 5.41) is 8.45. The first-order chi connectivity index (χ1) is 20.6. The minimum atomic E-state index is -0.565. The number of ketones is 1. The number of nitrogens with one attached hydrogen (secondary N) is 3. The molecule has 4 aromatic carbocycles. The van der Waals surface area contributed by atoms with Crippen LogP contribution >= 0.6 is 35.0 Å². The van der Waals surface area contributed by atoms with E-state index in [4.69, 9.17) is 23.2 Å². The van der Waals surface area contributed by atoms with E-state index >= 15 is 0 Å². The van der Waals surface area contributed by atoms with Crippen LogP contribution in [0.15, 0.2) is 108 Å². The molecule has 1 unspecified atom stereocenters. The highest BCUT2D eigenvalue weighted by Gasteiger charge is 2.18. The predicted octanol–water partition coefficient (Wildman–Crippen LogP) is 7.72. The number of thioether (sulfide) groups is 1. The van der Waals surface area contributed by atoms with Crippen LogP contribution in [0.3, 0.4) is 0 Å². The first-order valence-electron chi connectivity index (χ1n) is 13.1. The minimum absolute atomic E-state index is 0.0295. The molecule has 4 rings (SSSR count). The Morgan fingerprint density at radius 2 is 1.37 bits per heavy atom. The van der Waals surface area contributed by atoms with E-state index in [0.29, 0.717) is 33.1 Å². The first-order valence-corrected chi connectivity index (χ1v) is 14.8. The molecule has 0 aliphatic carbocycles. The van der Waals surface area contributed by atoms with Crippen LogP contribution in [-0.4, -0.2) is 28.8 Å². The third-order valence-electron chi connectivity index (χ3n) is 6.16. The van der Waals surface area contributed by atoms with Crippen LogP contribution in [0.4, 0.5) is 11.4 Å². The Labute approximate surface area is 263 Å². The topological polar surface area (TPSA) is 104 Å². The highest BCUT2D eigenvalue weighted by atomic mass is 35.5. The van der Waals surface area contributed by atoms with E-state index in [-0.39, 0.29) is 22.4 Å². The van der Waals surface area contributed by atoms with Gasteiger partial charge in [0.2, 0.25) is 5.91 Å². The lowest BCUT2D eigenvalue weighted by Crippen LogP contribution is -2.30. The lowest BCUT2D eigenvalue weighted by molar-refractivity contribution is -0.115. The van der Waals surface area contributed by atoms with E-state index < -0.39 is 17.1 Å². The van der Waals surface area contributed by atoms with E-state index in [1.807, 2.05) is 0 Å². The molecule has 0 aromatic heterocycles. The maximum absolute atomic E-state index is 13.3. The molecule has 0 fully saturated rings. The number of rotatable bonds is 10. The molecule has 43 heavy (non-hydrogen) atoms. The van der Waals surface area contributed by atoms with Gasteiger partial charge in [-0.1, -0.05) is 53.5 Å². The number of amides is 3. The van der Waals surface area contributed by atoms with Gasteiger partial charge in [-0.25, -0.2) is 0 Å². The van der Waals surface area contributed by atoms with Crippen molar-refractivity contribution in [2.45, 2.75) is 24.0 Å². The van der Waals surface area contributed by atoms with Gasteiger partial charge in [0.25, 0.3) is 11.8 Å². The minimum Gasteiger partial charge on any atom is -0.325 e. The highest BCUT2D eigenvalue weighted by Crippen LogP contribution is 2.28. The van der Waals surface area contributed by atoms with Crippen LogP contribution in [0.1, 0.15) is 40.1 Å². The largest absolute Gasteiger partial charge is 0.325 e. The van der Waals surface area contributed by atoms with Gasteiger partial charge < -0.3 is 16.0 Å². The zero-order chi connectivity index (χ0) is 30.9. The Kier molecular flexibility index (Phi) is 10.8. The SMILES string of the molecule is CC(=O)c1ccc(NC(=O)C(C)Sc2ccc(NC(=O)/C(=C/c3cccc(Cl)c3Cl)NC(=O)c3ccccc3)cc2)cc1. The van der Waals surface area contributed by atoms with Crippen molar-refractivity contribution in [1.29, 1.82) is 0 Å². The summed E-state index contributed by atoms with van der Waals surface area (Å²) in [4.78, 5) is 51.2. The Morgan fingerprint density at radius 3 is 2.02 bits per heavy atom. The molecule has 0 bridgehead atoms. The van der Waals surface area contributed by atoms with Gasteiger partial charge in [0.05, 0.1) is 15.3 Å². The number of halogens is 2.